The highest BCUT2D eigenvalue weighted by molar-refractivity contribution is 6.00. The number of amides is 2. The molecule has 0 aliphatic carbocycles. The maximum absolute atomic E-state index is 13.7. The van der Waals surface area contributed by atoms with Crippen molar-refractivity contribution >= 4 is 35.1 Å². The summed E-state index contributed by atoms with van der Waals surface area (Å²) < 4.78 is 5.53. The molecule has 8 heteroatoms. The van der Waals surface area contributed by atoms with Crippen LogP contribution in [-0.2, 0) is 9.53 Å². The number of halogens is 1. The van der Waals surface area contributed by atoms with Gasteiger partial charge in [-0.05, 0) is 106 Å². The number of nitrogens with one attached hydrogen (secondary N) is 2. The second-order valence-corrected chi connectivity index (χ2v) is 10.9. The molecular formula is C28H41ClN4O3. The van der Waals surface area contributed by atoms with E-state index in [0.29, 0.717) is 17.9 Å². The third kappa shape index (κ3) is 6.42. The standard InChI is InChI=1S/C28H40N4O3.ClH/c1-31-12-5-21(6-13-31)22-7-14-32(15-8-22)28(34)26(18-20-9-16-35-17-10-20)30-27(33)24-3-2-23-4-11-29-25(23)19-24;/h2-4,11,19-22,26,29H,5-10,12-18H2,1H3,(H,30,33);1H/t26-;/m0./s1. The molecule has 0 saturated carbocycles. The van der Waals surface area contributed by atoms with Crippen LogP contribution in [0.3, 0.4) is 0 Å². The van der Waals surface area contributed by atoms with E-state index in [0.717, 1.165) is 74.7 Å². The van der Waals surface area contributed by atoms with Crippen LogP contribution in [0.5, 0.6) is 0 Å². The lowest BCUT2D eigenvalue weighted by Gasteiger charge is -2.40. The molecule has 0 bridgehead atoms. The third-order valence-corrected chi connectivity index (χ3v) is 8.61. The Hall–Kier alpha value is -2.09. The molecule has 1 aromatic heterocycles. The van der Waals surface area contributed by atoms with Crippen LogP contribution in [0.4, 0.5) is 0 Å². The van der Waals surface area contributed by atoms with E-state index in [4.69, 9.17) is 4.74 Å². The van der Waals surface area contributed by atoms with Gasteiger partial charge in [0.25, 0.3) is 5.91 Å². The van der Waals surface area contributed by atoms with E-state index in [1.54, 1.807) is 0 Å². The molecule has 3 aliphatic heterocycles. The molecule has 198 valence electrons. The van der Waals surface area contributed by atoms with Crippen LogP contribution in [0.25, 0.3) is 10.9 Å². The smallest absolute Gasteiger partial charge is 0.252 e. The Morgan fingerprint density at radius 3 is 2.36 bits per heavy atom. The van der Waals surface area contributed by atoms with Gasteiger partial charge in [-0.25, -0.2) is 0 Å². The predicted molar refractivity (Wildman–Crippen MR) is 144 cm³/mol. The maximum Gasteiger partial charge on any atom is 0.252 e. The fourth-order valence-corrected chi connectivity index (χ4v) is 6.28. The highest BCUT2D eigenvalue weighted by Gasteiger charge is 2.34. The number of ether oxygens (including phenoxy) is 1. The molecule has 3 aliphatic rings. The first kappa shape index (κ1) is 27.0. The SMILES string of the molecule is CN1CCC(C2CCN(C(=O)[C@H](CC3CCOCC3)NC(=O)c3ccc4cc[nH]c4c3)CC2)CC1.Cl. The molecule has 0 spiro atoms. The summed E-state index contributed by atoms with van der Waals surface area (Å²) in [7, 11) is 2.21. The summed E-state index contributed by atoms with van der Waals surface area (Å²) in [6.07, 6.45) is 9.19. The first-order valence-corrected chi connectivity index (χ1v) is 13.5. The number of fused-ring (bicyclic) bond motifs is 1. The molecule has 2 aromatic rings. The number of H-pyrrole nitrogens is 1. The number of hydrogen-bond donors (Lipinski definition) is 2. The average Bonchev–Trinajstić information content (AvgIpc) is 3.37. The Morgan fingerprint density at radius 2 is 1.67 bits per heavy atom. The molecule has 1 aromatic carbocycles. The van der Waals surface area contributed by atoms with E-state index in [-0.39, 0.29) is 24.2 Å². The minimum Gasteiger partial charge on any atom is -0.381 e. The molecule has 36 heavy (non-hydrogen) atoms. The van der Waals surface area contributed by atoms with Gasteiger partial charge in [0.2, 0.25) is 5.91 Å². The van der Waals surface area contributed by atoms with Crippen molar-refractivity contribution in [3.8, 4) is 0 Å². The minimum atomic E-state index is -0.482. The van der Waals surface area contributed by atoms with Crippen molar-refractivity contribution in [3.63, 3.8) is 0 Å². The van der Waals surface area contributed by atoms with Crippen molar-refractivity contribution in [2.45, 2.75) is 51.0 Å². The lowest BCUT2D eigenvalue weighted by atomic mass is 9.78. The summed E-state index contributed by atoms with van der Waals surface area (Å²) in [5.74, 6) is 1.84. The van der Waals surface area contributed by atoms with E-state index < -0.39 is 6.04 Å². The quantitative estimate of drug-likeness (QED) is 0.606. The highest BCUT2D eigenvalue weighted by atomic mass is 35.5. The van der Waals surface area contributed by atoms with Crippen LogP contribution in [0.15, 0.2) is 30.5 Å². The Labute approximate surface area is 220 Å². The number of carbonyl (C=O) groups is 2. The van der Waals surface area contributed by atoms with Crippen LogP contribution in [0, 0.1) is 17.8 Å². The van der Waals surface area contributed by atoms with Crippen molar-refractivity contribution in [2.24, 2.45) is 17.8 Å². The minimum absolute atomic E-state index is 0. The van der Waals surface area contributed by atoms with Crippen molar-refractivity contribution in [1.29, 1.82) is 0 Å². The molecule has 2 amide bonds. The summed E-state index contributed by atoms with van der Waals surface area (Å²) in [5.41, 5.74) is 1.52. The van der Waals surface area contributed by atoms with Gasteiger partial charge in [0, 0.05) is 43.6 Å². The van der Waals surface area contributed by atoms with Gasteiger partial charge in [0.15, 0.2) is 0 Å². The van der Waals surface area contributed by atoms with Crippen molar-refractivity contribution in [1.82, 2.24) is 20.1 Å². The van der Waals surface area contributed by atoms with E-state index in [9.17, 15) is 9.59 Å². The Morgan fingerprint density at radius 1 is 1.00 bits per heavy atom. The molecule has 5 rings (SSSR count). The first-order chi connectivity index (χ1) is 17.1. The number of aromatic amines is 1. The van der Waals surface area contributed by atoms with E-state index in [2.05, 4.69) is 22.2 Å². The average molecular weight is 517 g/mol. The van der Waals surface area contributed by atoms with Gasteiger partial charge in [0.1, 0.15) is 6.04 Å². The maximum atomic E-state index is 13.7. The van der Waals surface area contributed by atoms with Gasteiger partial charge in [-0.1, -0.05) is 6.07 Å². The van der Waals surface area contributed by atoms with Gasteiger partial charge in [-0.2, -0.15) is 0 Å². The molecule has 1 atom stereocenters. The molecule has 2 N–H and O–H groups in total. The monoisotopic (exact) mass is 516 g/mol. The van der Waals surface area contributed by atoms with Crippen molar-refractivity contribution < 1.29 is 14.3 Å². The molecule has 3 fully saturated rings. The first-order valence-electron chi connectivity index (χ1n) is 13.5. The fourth-order valence-electron chi connectivity index (χ4n) is 6.28. The van der Waals surface area contributed by atoms with Gasteiger partial charge in [0.05, 0.1) is 0 Å². The van der Waals surface area contributed by atoms with Crippen molar-refractivity contribution in [3.05, 3.63) is 36.0 Å². The highest BCUT2D eigenvalue weighted by Crippen LogP contribution is 2.32. The normalized spacial score (nSPS) is 21.8. The summed E-state index contributed by atoms with van der Waals surface area (Å²) in [5, 5.41) is 4.20. The largest absolute Gasteiger partial charge is 0.381 e. The topological polar surface area (TPSA) is 77.7 Å². The van der Waals surface area contributed by atoms with Crippen LogP contribution >= 0.6 is 12.4 Å². The molecular weight excluding hydrogens is 476 g/mol. The van der Waals surface area contributed by atoms with Crippen LogP contribution in [0.1, 0.15) is 55.3 Å². The van der Waals surface area contributed by atoms with E-state index in [1.807, 2.05) is 35.4 Å². The lowest BCUT2D eigenvalue weighted by Crippen LogP contribution is -2.52. The zero-order valence-electron chi connectivity index (χ0n) is 21.4. The molecule has 3 saturated heterocycles. The number of rotatable bonds is 6. The van der Waals surface area contributed by atoms with Gasteiger partial charge < -0.3 is 24.8 Å². The summed E-state index contributed by atoms with van der Waals surface area (Å²) in [4.78, 5) is 34.5. The molecule has 4 heterocycles. The number of benzene rings is 1. The van der Waals surface area contributed by atoms with Crippen LogP contribution < -0.4 is 5.32 Å². The number of likely N-dealkylation sites (tertiary alicyclic amines) is 2. The van der Waals surface area contributed by atoms with Gasteiger partial charge >= 0.3 is 0 Å². The summed E-state index contributed by atoms with van der Waals surface area (Å²) in [6, 6.07) is 7.17. The Balaban J connectivity index is 0.00000304. The summed E-state index contributed by atoms with van der Waals surface area (Å²) >= 11 is 0. The number of piperidine rings is 2. The fraction of sp³-hybridized carbons (Fsp3) is 0.643. The number of hydrogen-bond acceptors (Lipinski definition) is 4. The summed E-state index contributed by atoms with van der Waals surface area (Å²) in [6.45, 7) is 5.49. The van der Waals surface area contributed by atoms with Gasteiger partial charge in [-0.15, -0.1) is 12.4 Å². The molecule has 7 nitrogen and oxygen atoms in total. The lowest BCUT2D eigenvalue weighted by molar-refractivity contribution is -0.135. The predicted octanol–water partition coefficient (Wildman–Crippen LogP) is 4.09. The molecule has 0 unspecified atom stereocenters. The van der Waals surface area contributed by atoms with E-state index >= 15 is 0 Å². The van der Waals surface area contributed by atoms with Crippen LogP contribution in [-0.4, -0.2) is 79.1 Å². The Bertz CT molecular complexity index is 1010. The van der Waals surface area contributed by atoms with Crippen LogP contribution in [0.2, 0.25) is 0 Å². The molecule has 0 radical (unpaired) electrons. The zero-order chi connectivity index (χ0) is 24.2. The van der Waals surface area contributed by atoms with Crippen molar-refractivity contribution in [2.75, 3.05) is 46.4 Å². The number of nitrogens with zero attached hydrogens (tertiary/aromatic N) is 2. The third-order valence-electron chi connectivity index (χ3n) is 8.61. The number of aromatic nitrogens is 1. The second kappa shape index (κ2) is 12.4. The zero-order valence-corrected chi connectivity index (χ0v) is 22.2. The number of carbonyl (C=O) groups excluding carboxylic acids is 2. The van der Waals surface area contributed by atoms with Gasteiger partial charge in [-0.3, -0.25) is 9.59 Å². The second-order valence-electron chi connectivity index (χ2n) is 10.9. The van der Waals surface area contributed by atoms with E-state index in [1.165, 1.54) is 25.9 Å². The Kier molecular flexibility index (Phi) is 9.31.